The molecule has 0 saturated carbocycles. The number of pyridine rings is 1. The Morgan fingerprint density at radius 1 is 1.17 bits per heavy atom. The average molecular weight is 325 g/mol. The minimum atomic E-state index is -0.231. The van der Waals surface area contributed by atoms with Crippen LogP contribution >= 0.6 is 0 Å². The average Bonchev–Trinajstić information content (AvgIpc) is 2.98. The molecule has 0 fully saturated rings. The van der Waals surface area contributed by atoms with E-state index in [-0.39, 0.29) is 17.6 Å². The van der Waals surface area contributed by atoms with E-state index in [2.05, 4.69) is 10.3 Å². The van der Waals surface area contributed by atoms with Crippen molar-refractivity contribution in [3.63, 3.8) is 0 Å². The van der Waals surface area contributed by atoms with Crippen molar-refractivity contribution in [2.24, 2.45) is 0 Å². The Morgan fingerprint density at radius 3 is 2.50 bits per heavy atom. The van der Waals surface area contributed by atoms with E-state index in [1.54, 1.807) is 23.7 Å². The summed E-state index contributed by atoms with van der Waals surface area (Å²) in [4.78, 5) is 27.2. The van der Waals surface area contributed by atoms with Crippen molar-refractivity contribution in [2.75, 3.05) is 7.05 Å². The number of hydrogen-bond donors (Lipinski definition) is 2. The first-order valence-electron chi connectivity index (χ1n) is 7.73. The maximum atomic E-state index is 12.4. The molecular formula is C18H19N3O3. The third kappa shape index (κ3) is 2.90. The number of rotatable bonds is 4. The molecule has 2 heterocycles. The predicted molar refractivity (Wildman–Crippen MR) is 93.0 cm³/mol. The number of ether oxygens (including phenoxy) is 1. The summed E-state index contributed by atoms with van der Waals surface area (Å²) in [7, 11) is 1.56. The molecular weight excluding hydrogens is 306 g/mol. The fourth-order valence-corrected chi connectivity index (χ4v) is 2.58. The number of amides is 1. The van der Waals surface area contributed by atoms with E-state index < -0.39 is 0 Å². The highest BCUT2D eigenvalue weighted by atomic mass is 16.5. The van der Waals surface area contributed by atoms with Crippen molar-refractivity contribution >= 4 is 16.9 Å². The maximum Gasteiger partial charge on any atom is 0.267 e. The first-order chi connectivity index (χ1) is 11.5. The summed E-state index contributed by atoms with van der Waals surface area (Å²) in [6.07, 6.45) is 0.0838. The van der Waals surface area contributed by atoms with Crippen LogP contribution in [0.1, 0.15) is 24.3 Å². The number of fused-ring (bicyclic) bond motifs is 1. The van der Waals surface area contributed by atoms with E-state index in [0.717, 1.165) is 11.1 Å². The highest BCUT2D eigenvalue weighted by molar-refractivity contribution is 5.97. The first-order valence-corrected chi connectivity index (χ1v) is 7.73. The summed E-state index contributed by atoms with van der Waals surface area (Å²) < 4.78 is 7.17. The van der Waals surface area contributed by atoms with Crippen molar-refractivity contribution in [1.82, 2.24) is 14.9 Å². The first kappa shape index (κ1) is 15.9. The highest BCUT2D eigenvalue weighted by Gasteiger charge is 2.12. The van der Waals surface area contributed by atoms with E-state index >= 15 is 0 Å². The molecule has 3 aromatic rings. The maximum absolute atomic E-state index is 12.4. The molecule has 3 rings (SSSR count). The lowest BCUT2D eigenvalue weighted by molar-refractivity contribution is 0.0959. The Hall–Kier alpha value is -3.02. The zero-order valence-electron chi connectivity index (χ0n) is 13.8. The van der Waals surface area contributed by atoms with Crippen LogP contribution in [0.2, 0.25) is 0 Å². The molecule has 2 N–H and O–H groups in total. The molecule has 2 aromatic heterocycles. The van der Waals surface area contributed by atoms with Crippen molar-refractivity contribution in [3.8, 4) is 11.4 Å². The van der Waals surface area contributed by atoms with E-state index in [9.17, 15) is 9.59 Å². The number of H-pyrrole nitrogens is 1. The van der Waals surface area contributed by atoms with Crippen LogP contribution in [-0.2, 0) is 0 Å². The highest BCUT2D eigenvalue weighted by Crippen LogP contribution is 2.20. The normalized spacial score (nSPS) is 11.0. The van der Waals surface area contributed by atoms with E-state index in [1.165, 1.54) is 6.07 Å². The van der Waals surface area contributed by atoms with Crippen molar-refractivity contribution in [3.05, 3.63) is 58.5 Å². The summed E-state index contributed by atoms with van der Waals surface area (Å²) >= 11 is 0. The van der Waals surface area contributed by atoms with Gasteiger partial charge in [-0.3, -0.25) is 14.2 Å². The van der Waals surface area contributed by atoms with Gasteiger partial charge in [-0.15, -0.1) is 0 Å². The molecule has 1 amide bonds. The molecule has 0 bridgehead atoms. The zero-order valence-corrected chi connectivity index (χ0v) is 13.8. The smallest absolute Gasteiger partial charge is 0.267 e. The van der Waals surface area contributed by atoms with Crippen LogP contribution in [0.25, 0.3) is 16.7 Å². The number of aromatic nitrogens is 2. The van der Waals surface area contributed by atoms with Crippen LogP contribution < -0.4 is 15.6 Å². The van der Waals surface area contributed by atoms with Gasteiger partial charge in [-0.1, -0.05) is 0 Å². The predicted octanol–water partition coefficient (Wildman–Crippen LogP) is 2.47. The van der Waals surface area contributed by atoms with Gasteiger partial charge in [0.15, 0.2) is 0 Å². The fourth-order valence-electron chi connectivity index (χ4n) is 2.58. The second kappa shape index (κ2) is 6.23. The molecule has 0 unspecified atom stereocenters. The molecule has 0 aliphatic heterocycles. The number of carbonyl (C=O) groups excluding carboxylic acids is 1. The minimum absolute atomic E-state index is 0.0838. The van der Waals surface area contributed by atoms with E-state index in [4.69, 9.17) is 4.74 Å². The number of nitrogens with one attached hydrogen (secondary N) is 2. The lowest BCUT2D eigenvalue weighted by atomic mass is 10.2. The van der Waals surface area contributed by atoms with Crippen LogP contribution in [0.4, 0.5) is 0 Å². The van der Waals surface area contributed by atoms with Gasteiger partial charge in [-0.2, -0.15) is 0 Å². The summed E-state index contributed by atoms with van der Waals surface area (Å²) in [5, 5.41) is 3.36. The second-order valence-electron chi connectivity index (χ2n) is 5.73. The summed E-state index contributed by atoms with van der Waals surface area (Å²) in [5.41, 5.74) is 1.52. The number of aromatic amines is 1. The Morgan fingerprint density at radius 2 is 1.88 bits per heavy atom. The molecule has 0 aliphatic rings. The molecule has 0 aliphatic carbocycles. The fraction of sp³-hybridized carbons (Fsp3) is 0.222. The standard InChI is InChI=1S/C18H19N3O3/c1-11(2)24-14-7-5-13(6-8-14)21-16(22)9-4-12-10-15(18(23)19-3)20-17(12)21/h4-11,20H,1-3H3,(H,19,23). The van der Waals surface area contributed by atoms with Gasteiger partial charge in [0, 0.05) is 18.5 Å². The van der Waals surface area contributed by atoms with Crippen LogP contribution in [0.5, 0.6) is 5.75 Å². The zero-order chi connectivity index (χ0) is 17.3. The molecule has 1 aromatic carbocycles. The topological polar surface area (TPSA) is 76.1 Å². The van der Waals surface area contributed by atoms with Gasteiger partial charge in [-0.05, 0) is 50.2 Å². The Kier molecular flexibility index (Phi) is 4.12. The summed E-state index contributed by atoms with van der Waals surface area (Å²) in [5.74, 6) is 0.511. The van der Waals surface area contributed by atoms with Crippen LogP contribution in [0, 0.1) is 0 Å². The minimum Gasteiger partial charge on any atom is -0.491 e. The van der Waals surface area contributed by atoms with Gasteiger partial charge >= 0.3 is 0 Å². The molecule has 6 heteroatoms. The third-order valence-corrected chi connectivity index (χ3v) is 3.61. The van der Waals surface area contributed by atoms with Gasteiger partial charge in [0.1, 0.15) is 17.1 Å². The quantitative estimate of drug-likeness (QED) is 0.773. The molecule has 24 heavy (non-hydrogen) atoms. The van der Waals surface area contributed by atoms with Gasteiger partial charge in [0.05, 0.1) is 11.8 Å². The van der Waals surface area contributed by atoms with Gasteiger partial charge in [-0.25, -0.2) is 0 Å². The molecule has 124 valence electrons. The molecule has 6 nitrogen and oxygen atoms in total. The number of hydrogen-bond acceptors (Lipinski definition) is 3. The molecule has 0 atom stereocenters. The van der Waals surface area contributed by atoms with Gasteiger partial charge in [0.2, 0.25) is 0 Å². The third-order valence-electron chi connectivity index (χ3n) is 3.61. The number of carbonyl (C=O) groups is 1. The van der Waals surface area contributed by atoms with Crippen molar-refractivity contribution in [2.45, 2.75) is 20.0 Å². The lowest BCUT2D eigenvalue weighted by Crippen LogP contribution is -2.19. The largest absolute Gasteiger partial charge is 0.491 e. The summed E-state index contributed by atoms with van der Waals surface area (Å²) in [6, 6.07) is 12.2. The van der Waals surface area contributed by atoms with Crippen molar-refractivity contribution < 1.29 is 9.53 Å². The molecule has 0 spiro atoms. The summed E-state index contributed by atoms with van der Waals surface area (Å²) in [6.45, 7) is 3.91. The Balaban J connectivity index is 2.11. The SMILES string of the molecule is CNC(=O)c1cc2ccc(=O)n(-c3ccc(OC(C)C)cc3)c2[nH]1. The number of nitrogens with zero attached hydrogens (tertiary/aromatic N) is 1. The van der Waals surface area contributed by atoms with Crippen LogP contribution in [0.15, 0.2) is 47.3 Å². The molecule has 0 saturated heterocycles. The van der Waals surface area contributed by atoms with Crippen LogP contribution in [0.3, 0.4) is 0 Å². The van der Waals surface area contributed by atoms with Crippen LogP contribution in [-0.4, -0.2) is 28.6 Å². The number of benzene rings is 1. The lowest BCUT2D eigenvalue weighted by Gasteiger charge is -2.11. The Bertz CT molecular complexity index is 936. The van der Waals surface area contributed by atoms with E-state index in [0.29, 0.717) is 17.0 Å². The monoisotopic (exact) mass is 325 g/mol. The van der Waals surface area contributed by atoms with Gasteiger partial charge < -0.3 is 15.0 Å². The Labute approximate surface area is 139 Å². The molecule has 0 radical (unpaired) electrons. The van der Waals surface area contributed by atoms with E-state index in [1.807, 2.05) is 38.1 Å². The van der Waals surface area contributed by atoms with Gasteiger partial charge in [0.25, 0.3) is 11.5 Å². The second-order valence-corrected chi connectivity index (χ2v) is 5.73. The van der Waals surface area contributed by atoms with Crippen molar-refractivity contribution in [1.29, 1.82) is 0 Å².